The maximum atomic E-state index is 12.1. The van der Waals surface area contributed by atoms with Crippen molar-refractivity contribution in [1.29, 1.82) is 0 Å². The number of carbonyl (C=O) groups is 1. The van der Waals surface area contributed by atoms with Gasteiger partial charge >= 0.3 is 6.03 Å². The molecule has 3 rings (SSSR count). The van der Waals surface area contributed by atoms with Crippen LogP contribution >= 0.6 is 11.6 Å². The van der Waals surface area contributed by atoms with Crippen LogP contribution in [-0.4, -0.2) is 68.6 Å². The number of rotatable bonds is 5. The van der Waals surface area contributed by atoms with Crippen LogP contribution in [0, 0.1) is 12.8 Å². The second kappa shape index (κ2) is 9.84. The first-order chi connectivity index (χ1) is 15.4. The molecule has 28 heavy (non-hydrogen) atoms. The zero-order valence-corrected chi connectivity index (χ0v) is 17.6. The number of benzene rings is 1. The summed E-state index contributed by atoms with van der Waals surface area (Å²) in [5, 5.41) is 3.57. The summed E-state index contributed by atoms with van der Waals surface area (Å²) < 4.78 is 39.4. The molecule has 0 atom stereocenters. The SMILES string of the molecule is [2H]C([2H])([2H])N(C)C(=O)NC1CCC(CC([2H])([2H])N2CCN(c3cccc(C)c3Cl)CC2)CC1. The molecule has 0 radical (unpaired) electrons. The van der Waals surface area contributed by atoms with Crippen molar-refractivity contribution in [3.63, 3.8) is 0 Å². The van der Waals surface area contributed by atoms with Gasteiger partial charge in [0.05, 0.1) is 10.7 Å². The molecule has 1 saturated carbocycles. The second-order valence-electron chi connectivity index (χ2n) is 7.97. The van der Waals surface area contributed by atoms with Gasteiger partial charge in [-0.2, -0.15) is 0 Å². The first-order valence-corrected chi connectivity index (χ1v) is 10.6. The van der Waals surface area contributed by atoms with Gasteiger partial charge in [-0.15, -0.1) is 0 Å². The van der Waals surface area contributed by atoms with Crippen LogP contribution in [0.5, 0.6) is 0 Å². The molecule has 156 valence electrons. The van der Waals surface area contributed by atoms with E-state index >= 15 is 0 Å². The molecular weight excluding hydrogens is 372 g/mol. The molecule has 1 N–H and O–H groups in total. The second-order valence-corrected chi connectivity index (χ2v) is 8.35. The van der Waals surface area contributed by atoms with E-state index in [2.05, 4.69) is 10.2 Å². The van der Waals surface area contributed by atoms with Gasteiger partial charge in [-0.1, -0.05) is 23.7 Å². The minimum atomic E-state index is -2.45. The lowest BCUT2D eigenvalue weighted by Crippen LogP contribution is -2.47. The van der Waals surface area contributed by atoms with E-state index in [1.54, 1.807) is 0 Å². The van der Waals surface area contributed by atoms with E-state index in [1.165, 1.54) is 7.05 Å². The third kappa shape index (κ3) is 5.54. The molecule has 0 aromatic heterocycles. The number of aryl methyl sites for hydroxylation is 1. The Labute approximate surface area is 182 Å². The zero-order valence-electron chi connectivity index (χ0n) is 21.9. The van der Waals surface area contributed by atoms with E-state index in [0.717, 1.165) is 59.9 Å². The van der Waals surface area contributed by atoms with E-state index in [1.807, 2.05) is 30.0 Å². The predicted molar refractivity (Wildman–Crippen MR) is 117 cm³/mol. The fraction of sp³-hybridized carbons (Fsp3) is 0.682. The topological polar surface area (TPSA) is 38.8 Å². The fourth-order valence-electron chi connectivity index (χ4n) is 4.02. The lowest BCUT2D eigenvalue weighted by atomic mass is 9.84. The van der Waals surface area contributed by atoms with Crippen LogP contribution in [0.2, 0.25) is 5.02 Å². The van der Waals surface area contributed by atoms with Crippen molar-refractivity contribution >= 4 is 23.3 Å². The summed E-state index contributed by atoms with van der Waals surface area (Å²) in [6.45, 7) is 0.911. The van der Waals surface area contributed by atoms with Crippen molar-refractivity contribution < 1.29 is 11.6 Å². The predicted octanol–water partition coefficient (Wildman–Crippen LogP) is 3.99. The number of hydrogen-bond acceptors (Lipinski definition) is 3. The molecule has 2 aliphatic rings. The number of nitrogens with one attached hydrogen (secondary N) is 1. The van der Waals surface area contributed by atoms with Gasteiger partial charge in [0.25, 0.3) is 0 Å². The number of nitrogens with zero attached hydrogens (tertiary/aromatic N) is 3. The van der Waals surface area contributed by atoms with E-state index in [4.69, 9.17) is 18.5 Å². The largest absolute Gasteiger partial charge is 0.368 e. The summed E-state index contributed by atoms with van der Waals surface area (Å²) in [4.78, 5) is 17.0. The molecule has 5 nitrogen and oxygen atoms in total. The fourth-order valence-corrected chi connectivity index (χ4v) is 4.27. The molecule has 0 spiro atoms. The van der Waals surface area contributed by atoms with Gasteiger partial charge in [-0.25, -0.2) is 4.79 Å². The summed E-state index contributed by atoms with van der Waals surface area (Å²) >= 11 is 6.48. The molecule has 0 bridgehead atoms. The highest BCUT2D eigenvalue weighted by Gasteiger charge is 2.24. The van der Waals surface area contributed by atoms with Gasteiger partial charge in [-0.3, -0.25) is 4.90 Å². The van der Waals surface area contributed by atoms with Crippen molar-refractivity contribution in [2.24, 2.45) is 5.92 Å². The van der Waals surface area contributed by atoms with E-state index in [-0.39, 0.29) is 12.0 Å². The summed E-state index contributed by atoms with van der Waals surface area (Å²) in [5.74, 6) is 0.248. The molecule has 0 unspecified atom stereocenters. The maximum absolute atomic E-state index is 12.1. The molecule has 2 fully saturated rings. The molecule has 6 heteroatoms. The van der Waals surface area contributed by atoms with Gasteiger partial charge in [-0.05, 0) is 63.1 Å². The van der Waals surface area contributed by atoms with Crippen LogP contribution in [0.3, 0.4) is 0 Å². The number of urea groups is 1. The summed E-state index contributed by atoms with van der Waals surface area (Å²) in [6, 6.07) is 5.37. The Bertz CT molecular complexity index is 821. The average molecular weight is 412 g/mol. The third-order valence-corrected chi connectivity index (χ3v) is 6.37. The van der Waals surface area contributed by atoms with E-state index < -0.39 is 19.5 Å². The van der Waals surface area contributed by atoms with Gasteiger partial charge in [0.2, 0.25) is 0 Å². The van der Waals surface area contributed by atoms with E-state index in [9.17, 15) is 4.79 Å². The summed E-state index contributed by atoms with van der Waals surface area (Å²) in [5.41, 5.74) is 2.06. The number of anilines is 1. The lowest BCUT2D eigenvalue weighted by molar-refractivity contribution is 0.194. The first kappa shape index (κ1) is 15.4. The van der Waals surface area contributed by atoms with Crippen LogP contribution < -0.4 is 10.2 Å². The van der Waals surface area contributed by atoms with Gasteiger partial charge in [0, 0.05) is 53.1 Å². The minimum Gasteiger partial charge on any atom is -0.368 e. The Hall–Kier alpha value is -1.46. The number of halogens is 1. The normalized spacial score (nSPS) is 27.1. The van der Waals surface area contributed by atoms with Crippen molar-refractivity contribution in [1.82, 2.24) is 15.1 Å². The quantitative estimate of drug-likeness (QED) is 0.796. The van der Waals surface area contributed by atoms with Gasteiger partial charge in [0.1, 0.15) is 0 Å². The van der Waals surface area contributed by atoms with Crippen LogP contribution in [0.4, 0.5) is 10.5 Å². The van der Waals surface area contributed by atoms with E-state index in [0.29, 0.717) is 19.5 Å². The van der Waals surface area contributed by atoms with Gasteiger partial charge < -0.3 is 15.1 Å². The van der Waals surface area contributed by atoms with Crippen LogP contribution in [0.25, 0.3) is 0 Å². The minimum absolute atomic E-state index is 0.0629. The smallest absolute Gasteiger partial charge is 0.317 e. The molecule has 1 aromatic rings. The highest BCUT2D eigenvalue weighted by Crippen LogP contribution is 2.30. The Morgan fingerprint density at radius 2 is 2.00 bits per heavy atom. The molecule has 1 aromatic carbocycles. The third-order valence-electron chi connectivity index (χ3n) is 5.87. The molecule has 1 heterocycles. The first-order valence-electron chi connectivity index (χ1n) is 12.7. The van der Waals surface area contributed by atoms with Gasteiger partial charge in [0.15, 0.2) is 0 Å². The molecule has 2 amide bonds. The molecule has 1 aliphatic carbocycles. The molecule has 1 aliphatic heterocycles. The number of carbonyl (C=O) groups excluding carboxylic acids is 1. The Kier molecular flexibility index (Phi) is 5.41. The standard InChI is InChI=1S/C22H35ClN4O/c1-17-5-4-6-20(21(17)23)27-15-13-26(14-16-27)12-11-18-7-9-19(10-8-18)24-22(28)25(2)3/h4-6,18-19H,7-16H2,1-3H3,(H,24,28)/i2D3,12D2. The number of hydrogen-bond donors (Lipinski definition) is 1. The van der Waals surface area contributed by atoms with Crippen molar-refractivity contribution in [2.45, 2.75) is 45.1 Å². The Balaban J connectivity index is 1.46. The van der Waals surface area contributed by atoms with Crippen molar-refractivity contribution in [3.05, 3.63) is 28.8 Å². The highest BCUT2D eigenvalue weighted by atomic mass is 35.5. The zero-order chi connectivity index (χ0) is 24.4. The van der Waals surface area contributed by atoms with Crippen LogP contribution in [0.15, 0.2) is 18.2 Å². The summed E-state index contributed by atoms with van der Waals surface area (Å²) in [6.07, 6.45) is 3.58. The maximum Gasteiger partial charge on any atom is 0.317 e. The average Bonchev–Trinajstić information content (AvgIpc) is 2.75. The van der Waals surface area contributed by atoms with Crippen LogP contribution in [-0.2, 0) is 0 Å². The molecule has 1 saturated heterocycles. The number of piperazine rings is 1. The Morgan fingerprint density at radius 3 is 2.68 bits per heavy atom. The number of amides is 2. The van der Waals surface area contributed by atoms with Crippen molar-refractivity contribution in [2.75, 3.05) is 51.6 Å². The Morgan fingerprint density at radius 1 is 1.29 bits per heavy atom. The van der Waals surface area contributed by atoms with Crippen LogP contribution in [0.1, 0.15) is 44.5 Å². The highest BCUT2D eigenvalue weighted by molar-refractivity contribution is 6.34. The monoisotopic (exact) mass is 411 g/mol. The summed E-state index contributed by atoms with van der Waals surface area (Å²) in [7, 11) is 1.27. The lowest BCUT2D eigenvalue weighted by Gasteiger charge is -2.37. The molecular formula is C22H35ClN4O. The van der Waals surface area contributed by atoms with Crippen molar-refractivity contribution in [3.8, 4) is 0 Å².